The van der Waals surface area contributed by atoms with Gasteiger partial charge in [-0.2, -0.15) is 4.31 Å². The number of nitrogens with zero attached hydrogens (tertiary/aromatic N) is 1. The fraction of sp³-hybridized carbons (Fsp3) is 0.357. The number of thioether (sulfide) groups is 1. The second-order valence-electron chi connectivity index (χ2n) is 5.94. The van der Waals surface area contributed by atoms with E-state index in [0.29, 0.717) is 10.2 Å². The molecule has 1 heterocycles. The lowest BCUT2D eigenvalue weighted by Gasteiger charge is -2.27. The third-order valence-electron chi connectivity index (χ3n) is 2.80. The molecule has 6 nitrogen and oxygen atoms in total. The van der Waals surface area contributed by atoms with Crippen LogP contribution in [-0.4, -0.2) is 30.3 Å². The summed E-state index contributed by atoms with van der Waals surface area (Å²) in [6.07, 6.45) is -1.15. The van der Waals surface area contributed by atoms with E-state index in [1.807, 2.05) is 0 Å². The van der Waals surface area contributed by atoms with Gasteiger partial charge in [0.1, 0.15) is 22.1 Å². The van der Waals surface area contributed by atoms with Gasteiger partial charge in [0.2, 0.25) is 0 Å². The fourth-order valence-electron chi connectivity index (χ4n) is 1.83. The minimum atomic E-state index is -4.59. The van der Waals surface area contributed by atoms with Crippen molar-refractivity contribution in [1.29, 1.82) is 0 Å². The molecule has 1 aromatic rings. The molecule has 11 heteroatoms. The first kappa shape index (κ1) is 20.3. The molecule has 2 rings (SSSR count). The van der Waals surface area contributed by atoms with Crippen molar-refractivity contribution in [2.45, 2.75) is 31.3 Å². The molecule has 0 saturated heterocycles. The minimum Gasteiger partial charge on any atom is -0.443 e. The van der Waals surface area contributed by atoms with Crippen molar-refractivity contribution in [1.82, 2.24) is 9.62 Å². The molecular weight excluding hydrogens is 459 g/mol. The van der Waals surface area contributed by atoms with Gasteiger partial charge < -0.3 is 10.1 Å². The molecular formula is C14H15BrClFN2O4S2. The smallest absolute Gasteiger partial charge is 0.430 e. The van der Waals surface area contributed by atoms with Crippen LogP contribution in [0.1, 0.15) is 20.8 Å². The van der Waals surface area contributed by atoms with Crippen LogP contribution in [0, 0.1) is 5.82 Å². The average molecular weight is 474 g/mol. The van der Waals surface area contributed by atoms with Gasteiger partial charge in [-0.05, 0) is 48.8 Å². The molecule has 1 N–H and O–H groups in total. The molecule has 0 bridgehead atoms. The van der Waals surface area contributed by atoms with Crippen LogP contribution in [0.15, 0.2) is 32.7 Å². The third-order valence-corrected chi connectivity index (χ3v) is 6.40. The maximum absolute atomic E-state index is 14.3. The van der Waals surface area contributed by atoms with Crippen LogP contribution in [0.25, 0.3) is 0 Å². The van der Waals surface area contributed by atoms with Crippen molar-refractivity contribution in [3.63, 3.8) is 0 Å². The number of benzene rings is 1. The summed E-state index contributed by atoms with van der Waals surface area (Å²) in [5, 5.41) is 4.19. The number of ether oxygens (including phenoxy) is 1. The van der Waals surface area contributed by atoms with E-state index in [-0.39, 0.29) is 15.3 Å². The molecule has 1 aromatic carbocycles. The number of nitrogens with one attached hydrogen (secondary N) is 1. The van der Waals surface area contributed by atoms with E-state index in [1.165, 1.54) is 17.2 Å². The Bertz CT molecular complexity index is 840. The second kappa shape index (κ2) is 7.34. The van der Waals surface area contributed by atoms with Gasteiger partial charge in [0.05, 0.1) is 10.9 Å². The van der Waals surface area contributed by atoms with Crippen LogP contribution < -0.4 is 5.32 Å². The number of carbonyl (C=O) groups excluding carboxylic acids is 1. The Balaban J connectivity index is 2.56. The van der Waals surface area contributed by atoms with E-state index in [1.54, 1.807) is 20.8 Å². The lowest BCUT2D eigenvalue weighted by atomic mass is 10.2. The Morgan fingerprint density at radius 3 is 2.60 bits per heavy atom. The number of rotatable bonds is 3. The Kier molecular flexibility index (Phi) is 5.97. The maximum atomic E-state index is 14.3. The van der Waals surface area contributed by atoms with Crippen LogP contribution in [0.3, 0.4) is 0 Å². The van der Waals surface area contributed by atoms with E-state index in [0.717, 1.165) is 12.1 Å². The molecule has 0 aromatic heterocycles. The standard InChI is InChI=1S/C14H15BrClFN2O4S2/c1-14(2,3)23-13(20)19(12-6-24-7-18-12)25(21,22)11-5-9(16)8(15)4-10(11)17/h4-6,18H,7H2,1-3H3. The topological polar surface area (TPSA) is 75.7 Å². The summed E-state index contributed by atoms with van der Waals surface area (Å²) in [6.45, 7) is 4.79. The first-order valence-corrected chi connectivity index (χ1v) is 10.6. The quantitative estimate of drug-likeness (QED) is 0.661. The number of hydrogen-bond acceptors (Lipinski definition) is 6. The number of carbonyl (C=O) groups is 1. The van der Waals surface area contributed by atoms with Gasteiger partial charge in [-0.1, -0.05) is 11.6 Å². The van der Waals surface area contributed by atoms with Crippen molar-refractivity contribution in [3.05, 3.63) is 38.7 Å². The number of amides is 1. The molecule has 0 saturated carbocycles. The van der Waals surface area contributed by atoms with Gasteiger partial charge in [-0.15, -0.1) is 11.8 Å². The Hall–Kier alpha value is -0.970. The number of hydrogen-bond donors (Lipinski definition) is 1. The SMILES string of the molecule is CC(C)(C)OC(=O)N(C1=CSCN1)S(=O)(=O)c1cc(Cl)c(Br)cc1F. The highest BCUT2D eigenvalue weighted by Gasteiger charge is 2.39. The van der Waals surface area contributed by atoms with Crippen molar-refractivity contribution in [2.24, 2.45) is 0 Å². The number of halogens is 3. The summed E-state index contributed by atoms with van der Waals surface area (Å²) >= 11 is 10.2. The molecule has 0 radical (unpaired) electrons. The zero-order chi connectivity index (χ0) is 19.0. The third kappa shape index (κ3) is 4.60. The first-order valence-electron chi connectivity index (χ1n) is 6.92. The van der Waals surface area contributed by atoms with Gasteiger partial charge >= 0.3 is 6.09 Å². The molecule has 0 unspecified atom stereocenters. The normalized spacial score (nSPS) is 14.7. The van der Waals surface area contributed by atoms with Gasteiger partial charge in [-0.3, -0.25) is 0 Å². The molecule has 0 aliphatic carbocycles. The molecule has 0 atom stereocenters. The monoisotopic (exact) mass is 472 g/mol. The zero-order valence-corrected chi connectivity index (χ0v) is 17.4. The Morgan fingerprint density at radius 2 is 2.08 bits per heavy atom. The Labute approximate surface area is 162 Å². The maximum Gasteiger partial charge on any atom is 0.430 e. The summed E-state index contributed by atoms with van der Waals surface area (Å²) in [7, 11) is -4.59. The van der Waals surface area contributed by atoms with Crippen LogP contribution >= 0.6 is 39.3 Å². The van der Waals surface area contributed by atoms with Gasteiger partial charge in [0.15, 0.2) is 0 Å². The van der Waals surface area contributed by atoms with Crippen LogP contribution in [0.5, 0.6) is 0 Å². The van der Waals surface area contributed by atoms with Crippen molar-refractivity contribution in [3.8, 4) is 0 Å². The predicted octanol–water partition coefficient (Wildman–Crippen LogP) is 4.26. The average Bonchev–Trinajstić information content (AvgIpc) is 2.94. The Morgan fingerprint density at radius 1 is 1.44 bits per heavy atom. The van der Waals surface area contributed by atoms with E-state index in [2.05, 4.69) is 21.2 Å². The van der Waals surface area contributed by atoms with E-state index >= 15 is 0 Å². The highest BCUT2D eigenvalue weighted by Crippen LogP contribution is 2.32. The van der Waals surface area contributed by atoms with E-state index < -0.39 is 32.4 Å². The summed E-state index contributed by atoms with van der Waals surface area (Å²) in [6, 6.07) is 1.87. The van der Waals surface area contributed by atoms with Crippen molar-refractivity contribution in [2.75, 3.05) is 5.88 Å². The van der Waals surface area contributed by atoms with Crippen molar-refractivity contribution < 1.29 is 22.3 Å². The summed E-state index contributed by atoms with van der Waals surface area (Å²) in [5.74, 6) is -0.693. The summed E-state index contributed by atoms with van der Waals surface area (Å²) in [5.41, 5.74) is -0.937. The van der Waals surface area contributed by atoms with Gasteiger partial charge in [0, 0.05) is 9.88 Å². The lowest BCUT2D eigenvalue weighted by molar-refractivity contribution is 0.0423. The highest BCUT2D eigenvalue weighted by molar-refractivity contribution is 9.10. The summed E-state index contributed by atoms with van der Waals surface area (Å²) in [4.78, 5) is 11.8. The van der Waals surface area contributed by atoms with Crippen LogP contribution in [0.4, 0.5) is 9.18 Å². The van der Waals surface area contributed by atoms with E-state index in [4.69, 9.17) is 16.3 Å². The molecule has 25 heavy (non-hydrogen) atoms. The lowest BCUT2D eigenvalue weighted by Crippen LogP contribution is -2.43. The summed E-state index contributed by atoms with van der Waals surface area (Å²) < 4.78 is 46.0. The number of sulfonamides is 1. The first-order chi connectivity index (χ1) is 11.4. The molecule has 0 spiro atoms. The molecule has 1 aliphatic heterocycles. The van der Waals surface area contributed by atoms with Gasteiger partial charge in [-0.25, -0.2) is 17.6 Å². The highest BCUT2D eigenvalue weighted by atomic mass is 79.9. The minimum absolute atomic E-state index is 0.00755. The zero-order valence-electron chi connectivity index (χ0n) is 13.5. The second-order valence-corrected chi connectivity index (χ2v) is 9.81. The van der Waals surface area contributed by atoms with Crippen LogP contribution in [-0.2, 0) is 14.8 Å². The molecule has 0 fully saturated rings. The van der Waals surface area contributed by atoms with Crippen LogP contribution in [0.2, 0.25) is 5.02 Å². The van der Waals surface area contributed by atoms with Gasteiger partial charge in [0.25, 0.3) is 10.0 Å². The molecule has 1 amide bonds. The van der Waals surface area contributed by atoms with E-state index in [9.17, 15) is 17.6 Å². The fourth-order valence-corrected chi connectivity index (χ4v) is 4.48. The molecule has 138 valence electrons. The predicted molar refractivity (Wildman–Crippen MR) is 98.0 cm³/mol. The largest absolute Gasteiger partial charge is 0.443 e. The van der Waals surface area contributed by atoms with Crippen molar-refractivity contribution >= 4 is 55.4 Å². The molecule has 1 aliphatic rings.